The number of anilines is 1. The highest BCUT2D eigenvalue weighted by Crippen LogP contribution is 2.44. The first-order chi connectivity index (χ1) is 14.0. The summed E-state index contributed by atoms with van der Waals surface area (Å²) in [5.41, 5.74) is 5.16. The second-order valence-electron chi connectivity index (χ2n) is 7.28. The Morgan fingerprint density at radius 1 is 0.933 bits per heavy atom. The van der Waals surface area contributed by atoms with Gasteiger partial charge in [-0.3, -0.25) is 10.1 Å². The fourth-order valence-corrected chi connectivity index (χ4v) is 3.18. The molecule has 156 valence electrons. The quantitative estimate of drug-likeness (QED) is 0.300. The third kappa shape index (κ3) is 4.22. The van der Waals surface area contributed by atoms with Crippen molar-refractivity contribution in [1.29, 1.82) is 0 Å². The summed E-state index contributed by atoms with van der Waals surface area (Å²) >= 11 is 0. The highest BCUT2D eigenvalue weighted by molar-refractivity contribution is 5.53. The minimum Gasteiger partial charge on any atom is -0.456 e. The van der Waals surface area contributed by atoms with Gasteiger partial charge in [0.15, 0.2) is 5.56 Å². The number of nitro groups is 1. The van der Waals surface area contributed by atoms with Gasteiger partial charge in [0.2, 0.25) is 0 Å². The molecule has 0 atom stereocenters. The van der Waals surface area contributed by atoms with E-state index in [4.69, 9.17) is 10.5 Å². The number of nitro benzene ring substituents is 1. The summed E-state index contributed by atoms with van der Waals surface area (Å²) in [6.45, 7) is 3.93. The molecule has 0 fully saturated rings. The highest BCUT2D eigenvalue weighted by Gasteiger charge is 2.42. The van der Waals surface area contributed by atoms with Crippen molar-refractivity contribution in [2.24, 2.45) is 0 Å². The van der Waals surface area contributed by atoms with Crippen LogP contribution in [0.3, 0.4) is 0 Å². The molecule has 8 heteroatoms. The zero-order chi connectivity index (χ0) is 22.1. The summed E-state index contributed by atoms with van der Waals surface area (Å²) in [7, 11) is 0. The van der Waals surface area contributed by atoms with Gasteiger partial charge in [0.25, 0.3) is 5.69 Å². The summed E-state index contributed by atoms with van der Waals surface area (Å²) in [6, 6.07) is 16.9. The fraction of sp³-hybridized carbons (Fsp3) is 0.182. The van der Waals surface area contributed by atoms with Crippen molar-refractivity contribution in [3.8, 4) is 11.5 Å². The van der Waals surface area contributed by atoms with Gasteiger partial charge in [0.1, 0.15) is 11.5 Å². The molecule has 0 aliphatic rings. The number of halogens is 3. The minimum atomic E-state index is -4.94. The molecular formula is C22H19F3N2O3. The van der Waals surface area contributed by atoms with E-state index < -0.39 is 33.5 Å². The average Bonchev–Trinajstić information content (AvgIpc) is 2.67. The van der Waals surface area contributed by atoms with Crippen molar-refractivity contribution in [3.05, 3.63) is 93.5 Å². The van der Waals surface area contributed by atoms with E-state index in [0.717, 1.165) is 29.3 Å². The van der Waals surface area contributed by atoms with E-state index in [0.29, 0.717) is 5.69 Å². The summed E-state index contributed by atoms with van der Waals surface area (Å²) in [5.74, 6) is -0.485. The SMILES string of the molecule is CC(C)(c1ccc(N)cc1)c1cccc(Oc2cccc([N+](=O)[O-])c2C(F)(F)F)c1. The van der Waals surface area contributed by atoms with Crippen LogP contribution in [0.4, 0.5) is 24.5 Å². The van der Waals surface area contributed by atoms with E-state index in [1.165, 1.54) is 6.07 Å². The Kier molecular flexibility index (Phi) is 5.43. The van der Waals surface area contributed by atoms with E-state index in [-0.39, 0.29) is 5.75 Å². The van der Waals surface area contributed by atoms with Crippen LogP contribution in [-0.2, 0) is 11.6 Å². The van der Waals surface area contributed by atoms with Gasteiger partial charge < -0.3 is 10.5 Å². The number of hydrogen-bond acceptors (Lipinski definition) is 4. The van der Waals surface area contributed by atoms with Crippen LogP contribution < -0.4 is 10.5 Å². The molecule has 0 spiro atoms. The first-order valence-corrected chi connectivity index (χ1v) is 8.99. The molecule has 3 aromatic rings. The summed E-state index contributed by atoms with van der Waals surface area (Å²) in [4.78, 5) is 10.0. The van der Waals surface area contributed by atoms with Crippen LogP contribution in [0.15, 0.2) is 66.7 Å². The van der Waals surface area contributed by atoms with Crippen molar-refractivity contribution < 1.29 is 22.8 Å². The molecule has 0 saturated heterocycles. The topological polar surface area (TPSA) is 78.4 Å². The molecule has 0 unspecified atom stereocenters. The second kappa shape index (κ2) is 7.70. The summed E-state index contributed by atoms with van der Waals surface area (Å²) < 4.78 is 46.0. The zero-order valence-corrected chi connectivity index (χ0v) is 16.2. The van der Waals surface area contributed by atoms with Crippen LogP contribution in [-0.4, -0.2) is 4.92 Å². The van der Waals surface area contributed by atoms with Crippen molar-refractivity contribution in [2.45, 2.75) is 25.4 Å². The Bertz CT molecular complexity index is 1080. The molecule has 0 aliphatic heterocycles. The molecule has 2 N–H and O–H groups in total. The molecule has 3 rings (SSSR count). The van der Waals surface area contributed by atoms with Crippen LogP contribution in [0.2, 0.25) is 0 Å². The van der Waals surface area contributed by atoms with Crippen molar-refractivity contribution in [1.82, 2.24) is 0 Å². The largest absolute Gasteiger partial charge is 0.456 e. The summed E-state index contributed by atoms with van der Waals surface area (Å²) in [6.07, 6.45) is -4.94. The van der Waals surface area contributed by atoms with Gasteiger partial charge >= 0.3 is 6.18 Å². The normalized spacial score (nSPS) is 11.9. The van der Waals surface area contributed by atoms with Gasteiger partial charge in [0, 0.05) is 17.2 Å². The Hall–Kier alpha value is -3.55. The molecule has 0 bridgehead atoms. The van der Waals surface area contributed by atoms with Crippen molar-refractivity contribution >= 4 is 11.4 Å². The molecule has 0 aromatic heterocycles. The van der Waals surface area contributed by atoms with E-state index in [2.05, 4.69) is 0 Å². The Morgan fingerprint density at radius 2 is 1.57 bits per heavy atom. The molecule has 0 radical (unpaired) electrons. The molecule has 0 saturated carbocycles. The number of benzene rings is 3. The van der Waals surface area contributed by atoms with E-state index >= 15 is 0 Å². The number of ether oxygens (including phenoxy) is 1. The zero-order valence-electron chi connectivity index (χ0n) is 16.2. The van der Waals surface area contributed by atoms with Crippen LogP contribution in [0.5, 0.6) is 11.5 Å². The molecule has 0 amide bonds. The Labute approximate surface area is 171 Å². The van der Waals surface area contributed by atoms with E-state index in [1.807, 2.05) is 32.0 Å². The molecule has 5 nitrogen and oxygen atoms in total. The number of alkyl halides is 3. The van der Waals surface area contributed by atoms with E-state index in [9.17, 15) is 23.3 Å². The molecule has 3 aromatic carbocycles. The van der Waals surface area contributed by atoms with Gasteiger partial charge in [-0.25, -0.2) is 0 Å². The Morgan fingerprint density at radius 3 is 2.17 bits per heavy atom. The highest BCUT2D eigenvalue weighted by atomic mass is 19.4. The number of nitrogen functional groups attached to an aromatic ring is 1. The van der Waals surface area contributed by atoms with Crippen molar-refractivity contribution in [3.63, 3.8) is 0 Å². The monoisotopic (exact) mass is 416 g/mol. The maximum Gasteiger partial charge on any atom is 0.426 e. The van der Waals surface area contributed by atoms with Crippen molar-refractivity contribution in [2.75, 3.05) is 5.73 Å². The maximum absolute atomic E-state index is 13.5. The lowest BCUT2D eigenvalue weighted by atomic mass is 9.78. The van der Waals surface area contributed by atoms with Crippen LogP contribution in [0.25, 0.3) is 0 Å². The lowest BCUT2D eigenvalue weighted by molar-refractivity contribution is -0.388. The first kappa shape index (κ1) is 21.2. The van der Waals surface area contributed by atoms with Gasteiger partial charge in [-0.2, -0.15) is 13.2 Å². The molecular weight excluding hydrogens is 397 g/mol. The number of nitrogens with zero attached hydrogens (tertiary/aromatic N) is 1. The van der Waals surface area contributed by atoms with Gasteiger partial charge in [-0.1, -0.05) is 44.2 Å². The smallest absolute Gasteiger partial charge is 0.426 e. The predicted octanol–water partition coefficient (Wildman–Crippen LogP) is 6.31. The average molecular weight is 416 g/mol. The van der Waals surface area contributed by atoms with Crippen LogP contribution in [0.1, 0.15) is 30.5 Å². The molecule has 30 heavy (non-hydrogen) atoms. The number of hydrogen-bond donors (Lipinski definition) is 1. The third-order valence-corrected chi connectivity index (χ3v) is 4.90. The lowest BCUT2D eigenvalue weighted by Crippen LogP contribution is -2.18. The Balaban J connectivity index is 2.01. The van der Waals surface area contributed by atoms with E-state index in [1.54, 1.807) is 24.3 Å². The lowest BCUT2D eigenvalue weighted by Gasteiger charge is -2.26. The van der Waals surface area contributed by atoms with Crippen LogP contribution in [0, 0.1) is 10.1 Å². The fourth-order valence-electron chi connectivity index (χ4n) is 3.18. The number of rotatable bonds is 5. The van der Waals surface area contributed by atoms with Gasteiger partial charge in [0.05, 0.1) is 4.92 Å². The maximum atomic E-state index is 13.5. The predicted molar refractivity (Wildman–Crippen MR) is 108 cm³/mol. The standard InChI is InChI=1S/C22H19F3N2O3/c1-21(2,14-9-11-16(26)12-10-14)15-5-3-6-17(13-15)30-19-8-4-7-18(27(28)29)20(19)22(23,24)25/h3-13H,26H2,1-2H3. The molecule has 0 aliphatic carbocycles. The molecule has 0 heterocycles. The third-order valence-electron chi connectivity index (χ3n) is 4.90. The minimum absolute atomic E-state index is 0.141. The van der Waals surface area contributed by atoms with Gasteiger partial charge in [-0.15, -0.1) is 0 Å². The summed E-state index contributed by atoms with van der Waals surface area (Å²) in [5, 5.41) is 11.1. The van der Waals surface area contributed by atoms with Crippen LogP contribution >= 0.6 is 0 Å². The van der Waals surface area contributed by atoms with Gasteiger partial charge in [-0.05, 0) is 41.5 Å². The second-order valence-corrected chi connectivity index (χ2v) is 7.28. The number of nitrogens with two attached hydrogens (primary N) is 1. The first-order valence-electron chi connectivity index (χ1n) is 8.99.